The highest BCUT2D eigenvalue weighted by Gasteiger charge is 2.24. The molecule has 1 N–H and O–H groups in total. The second-order valence-electron chi connectivity index (χ2n) is 4.38. The Morgan fingerprint density at radius 1 is 1.19 bits per heavy atom. The number of piperidine rings is 1. The van der Waals surface area contributed by atoms with E-state index in [1.807, 2.05) is 6.92 Å². The van der Waals surface area contributed by atoms with Crippen molar-refractivity contribution < 1.29 is 13.2 Å². The van der Waals surface area contributed by atoms with E-state index in [0.29, 0.717) is 18.0 Å². The number of hydrogen-bond donors (Lipinski definition) is 1. The van der Waals surface area contributed by atoms with Gasteiger partial charge in [-0.1, -0.05) is 6.92 Å². The molecule has 0 aliphatic carbocycles. The third-order valence-electron chi connectivity index (χ3n) is 3.26. The van der Waals surface area contributed by atoms with E-state index in [4.69, 9.17) is 0 Å². The van der Waals surface area contributed by atoms with E-state index in [9.17, 15) is 13.2 Å². The number of hydrogen-bond acceptors (Lipinski definition) is 1. The Labute approximate surface area is 92.7 Å². The molecule has 0 radical (unpaired) electrons. The molecule has 1 aliphatic heterocycles. The Bertz CT molecular complexity index is 369. The van der Waals surface area contributed by atoms with E-state index >= 15 is 0 Å². The largest absolute Gasteiger partial charge is 0.316 e. The molecule has 16 heavy (non-hydrogen) atoms. The van der Waals surface area contributed by atoms with Gasteiger partial charge in [-0.25, -0.2) is 13.2 Å². The summed E-state index contributed by atoms with van der Waals surface area (Å²) in [5.41, 5.74) is 0.538. The average molecular weight is 229 g/mol. The molecule has 2 rings (SSSR count). The monoisotopic (exact) mass is 229 g/mol. The lowest BCUT2D eigenvalue weighted by Gasteiger charge is -2.30. The van der Waals surface area contributed by atoms with Crippen molar-refractivity contribution >= 4 is 0 Å². The van der Waals surface area contributed by atoms with Crippen molar-refractivity contribution in [2.45, 2.75) is 19.3 Å². The van der Waals surface area contributed by atoms with Crippen LogP contribution in [0, 0.1) is 23.4 Å². The SMILES string of the molecule is CC1CCNCC1c1cc(F)c(F)c(F)c1. The minimum absolute atomic E-state index is 0.0540. The van der Waals surface area contributed by atoms with E-state index in [1.54, 1.807) is 0 Å². The number of rotatable bonds is 1. The van der Waals surface area contributed by atoms with Gasteiger partial charge in [-0.05, 0) is 42.5 Å². The maximum absolute atomic E-state index is 13.1. The predicted molar refractivity (Wildman–Crippen MR) is 55.7 cm³/mol. The van der Waals surface area contributed by atoms with Gasteiger partial charge in [0.15, 0.2) is 17.5 Å². The van der Waals surface area contributed by atoms with Crippen LogP contribution in [-0.4, -0.2) is 13.1 Å². The van der Waals surface area contributed by atoms with Crippen LogP contribution in [0.5, 0.6) is 0 Å². The summed E-state index contributed by atoms with van der Waals surface area (Å²) in [4.78, 5) is 0. The van der Waals surface area contributed by atoms with Gasteiger partial charge in [0, 0.05) is 6.54 Å². The van der Waals surface area contributed by atoms with Gasteiger partial charge in [0.2, 0.25) is 0 Å². The molecule has 2 unspecified atom stereocenters. The van der Waals surface area contributed by atoms with E-state index in [-0.39, 0.29) is 5.92 Å². The van der Waals surface area contributed by atoms with Gasteiger partial charge in [-0.15, -0.1) is 0 Å². The Kier molecular flexibility index (Phi) is 3.19. The molecule has 0 saturated carbocycles. The van der Waals surface area contributed by atoms with Crippen LogP contribution in [-0.2, 0) is 0 Å². The summed E-state index contributed by atoms with van der Waals surface area (Å²) >= 11 is 0. The normalized spacial score (nSPS) is 25.8. The third-order valence-corrected chi connectivity index (χ3v) is 3.26. The molecule has 0 amide bonds. The number of nitrogens with one attached hydrogen (secondary N) is 1. The van der Waals surface area contributed by atoms with Crippen LogP contribution in [0.2, 0.25) is 0 Å². The Balaban J connectivity index is 2.32. The third kappa shape index (κ3) is 2.07. The smallest absolute Gasteiger partial charge is 0.194 e. The Morgan fingerprint density at radius 3 is 2.38 bits per heavy atom. The molecule has 1 heterocycles. The van der Waals surface area contributed by atoms with Crippen LogP contribution in [0.1, 0.15) is 24.8 Å². The molecule has 0 aromatic heterocycles. The summed E-state index contributed by atoms with van der Waals surface area (Å²) in [5, 5.41) is 3.18. The molecule has 0 spiro atoms. The van der Waals surface area contributed by atoms with Crippen molar-refractivity contribution in [1.29, 1.82) is 0 Å². The molecule has 0 bridgehead atoms. The molecule has 4 heteroatoms. The minimum Gasteiger partial charge on any atom is -0.316 e. The minimum atomic E-state index is -1.39. The summed E-state index contributed by atoms with van der Waals surface area (Å²) in [6.07, 6.45) is 0.964. The second-order valence-corrected chi connectivity index (χ2v) is 4.38. The van der Waals surface area contributed by atoms with Gasteiger partial charge in [0.05, 0.1) is 0 Å². The molecule has 1 saturated heterocycles. The van der Waals surface area contributed by atoms with Crippen LogP contribution < -0.4 is 5.32 Å². The highest BCUT2D eigenvalue weighted by Crippen LogP contribution is 2.30. The van der Waals surface area contributed by atoms with E-state index in [0.717, 1.165) is 25.1 Å². The fourth-order valence-electron chi connectivity index (χ4n) is 2.23. The molecule has 88 valence electrons. The quantitative estimate of drug-likeness (QED) is 0.730. The van der Waals surface area contributed by atoms with Gasteiger partial charge in [-0.3, -0.25) is 0 Å². The first-order valence-electron chi connectivity index (χ1n) is 5.44. The van der Waals surface area contributed by atoms with E-state index in [1.165, 1.54) is 0 Å². The van der Waals surface area contributed by atoms with Crippen LogP contribution in [0.3, 0.4) is 0 Å². The molecular formula is C12H14F3N. The zero-order valence-corrected chi connectivity index (χ0v) is 9.06. The van der Waals surface area contributed by atoms with Crippen LogP contribution in [0.25, 0.3) is 0 Å². The van der Waals surface area contributed by atoms with E-state index < -0.39 is 17.5 Å². The van der Waals surface area contributed by atoms with Crippen LogP contribution in [0.15, 0.2) is 12.1 Å². The maximum atomic E-state index is 13.1. The molecule has 1 fully saturated rings. The van der Waals surface area contributed by atoms with Crippen molar-refractivity contribution in [3.63, 3.8) is 0 Å². The highest BCUT2D eigenvalue weighted by atomic mass is 19.2. The van der Waals surface area contributed by atoms with Gasteiger partial charge in [-0.2, -0.15) is 0 Å². The van der Waals surface area contributed by atoms with Gasteiger partial charge >= 0.3 is 0 Å². The van der Waals surface area contributed by atoms with Gasteiger partial charge in [0.25, 0.3) is 0 Å². The molecule has 1 aliphatic rings. The summed E-state index contributed by atoms with van der Waals surface area (Å²) < 4.78 is 39.0. The zero-order chi connectivity index (χ0) is 11.7. The maximum Gasteiger partial charge on any atom is 0.194 e. The standard InChI is InChI=1S/C12H14F3N/c1-7-2-3-16-6-9(7)8-4-10(13)12(15)11(14)5-8/h4-5,7,9,16H,2-3,6H2,1H3. The first kappa shape index (κ1) is 11.5. The second kappa shape index (κ2) is 4.45. The predicted octanol–water partition coefficient (Wildman–Crippen LogP) is 2.82. The first-order chi connectivity index (χ1) is 7.59. The average Bonchev–Trinajstić information content (AvgIpc) is 2.26. The van der Waals surface area contributed by atoms with Crippen molar-refractivity contribution in [2.24, 2.45) is 5.92 Å². The topological polar surface area (TPSA) is 12.0 Å². The lowest BCUT2D eigenvalue weighted by molar-refractivity contribution is 0.344. The fraction of sp³-hybridized carbons (Fsp3) is 0.500. The molecule has 1 nitrogen and oxygen atoms in total. The van der Waals surface area contributed by atoms with Crippen LogP contribution >= 0.6 is 0 Å². The highest BCUT2D eigenvalue weighted by molar-refractivity contribution is 5.24. The van der Waals surface area contributed by atoms with Crippen molar-refractivity contribution in [1.82, 2.24) is 5.32 Å². The van der Waals surface area contributed by atoms with Crippen molar-refractivity contribution in [2.75, 3.05) is 13.1 Å². The Morgan fingerprint density at radius 2 is 1.81 bits per heavy atom. The number of benzene rings is 1. The van der Waals surface area contributed by atoms with E-state index in [2.05, 4.69) is 5.32 Å². The lowest BCUT2D eigenvalue weighted by atomic mass is 9.83. The Hall–Kier alpha value is -1.03. The lowest BCUT2D eigenvalue weighted by Crippen LogP contribution is -2.34. The first-order valence-corrected chi connectivity index (χ1v) is 5.44. The number of halogens is 3. The summed E-state index contributed by atoms with van der Waals surface area (Å²) in [5.74, 6) is -3.19. The van der Waals surface area contributed by atoms with Gasteiger partial charge in [0.1, 0.15) is 0 Å². The molecule has 1 aromatic carbocycles. The summed E-state index contributed by atoms with van der Waals surface area (Å²) in [6, 6.07) is 2.21. The molecule has 1 aromatic rings. The molecule has 2 atom stereocenters. The summed E-state index contributed by atoms with van der Waals surface area (Å²) in [7, 11) is 0. The van der Waals surface area contributed by atoms with Gasteiger partial charge < -0.3 is 5.32 Å². The zero-order valence-electron chi connectivity index (χ0n) is 9.06. The van der Waals surface area contributed by atoms with Crippen LogP contribution in [0.4, 0.5) is 13.2 Å². The fourth-order valence-corrected chi connectivity index (χ4v) is 2.23. The molecular weight excluding hydrogens is 215 g/mol. The van der Waals surface area contributed by atoms with Crippen molar-refractivity contribution in [3.05, 3.63) is 35.1 Å². The van der Waals surface area contributed by atoms with Crippen molar-refractivity contribution in [3.8, 4) is 0 Å². The summed E-state index contributed by atoms with van der Waals surface area (Å²) in [6.45, 7) is 3.65.